The Kier molecular flexibility index (Phi) is 6.80. The van der Waals surface area contributed by atoms with Crippen LogP contribution in [0.25, 0.3) is 0 Å². The second kappa shape index (κ2) is 9.55. The summed E-state index contributed by atoms with van der Waals surface area (Å²) in [4.78, 5) is 36.3. The summed E-state index contributed by atoms with van der Waals surface area (Å²) in [6.07, 6.45) is -3.43. The van der Waals surface area contributed by atoms with Crippen LogP contribution >= 0.6 is 0 Å². The van der Waals surface area contributed by atoms with Gasteiger partial charge in [-0.3, -0.25) is 19.7 Å². The Bertz CT molecular complexity index is 1180. The van der Waals surface area contributed by atoms with Crippen molar-refractivity contribution in [3.05, 3.63) is 93.4 Å². The number of para-hydroxylation sites is 1. The number of furan rings is 1. The molecule has 0 bridgehead atoms. The van der Waals surface area contributed by atoms with Crippen molar-refractivity contribution in [3.8, 4) is 0 Å². The number of nitrogens with zero attached hydrogens (tertiary/aromatic N) is 2. The third-order valence-electron chi connectivity index (χ3n) is 4.68. The van der Waals surface area contributed by atoms with Crippen molar-refractivity contribution >= 4 is 23.2 Å². The van der Waals surface area contributed by atoms with E-state index >= 15 is 0 Å². The van der Waals surface area contributed by atoms with E-state index in [1.54, 1.807) is 6.92 Å². The molecule has 11 heteroatoms. The number of carbonyl (C=O) groups excluding carboxylic acids is 2. The molecule has 0 atom stereocenters. The lowest BCUT2D eigenvalue weighted by atomic mass is 10.1. The van der Waals surface area contributed by atoms with Gasteiger partial charge in [0, 0.05) is 22.9 Å². The van der Waals surface area contributed by atoms with Gasteiger partial charge in [0.25, 0.3) is 17.5 Å². The van der Waals surface area contributed by atoms with E-state index in [-0.39, 0.29) is 22.6 Å². The molecule has 2 amide bonds. The van der Waals surface area contributed by atoms with Crippen LogP contribution in [0.15, 0.2) is 65.3 Å². The topological polar surface area (TPSA) is 106 Å². The molecule has 2 aromatic carbocycles. The highest BCUT2D eigenvalue weighted by atomic mass is 19.4. The molecule has 172 valence electrons. The van der Waals surface area contributed by atoms with E-state index < -0.39 is 41.7 Å². The van der Waals surface area contributed by atoms with Crippen molar-refractivity contribution in [2.24, 2.45) is 0 Å². The lowest BCUT2D eigenvalue weighted by Gasteiger charge is -2.24. The highest BCUT2D eigenvalue weighted by Crippen LogP contribution is 2.26. The smallest absolute Gasteiger partial charge is 0.406 e. The molecule has 0 radical (unpaired) electrons. The van der Waals surface area contributed by atoms with Crippen molar-refractivity contribution in [1.82, 2.24) is 4.90 Å². The zero-order valence-electron chi connectivity index (χ0n) is 17.3. The number of halogens is 3. The third kappa shape index (κ3) is 5.97. The summed E-state index contributed by atoms with van der Waals surface area (Å²) in [6, 6.07) is 12.2. The number of rotatable bonds is 7. The fourth-order valence-corrected chi connectivity index (χ4v) is 3.11. The van der Waals surface area contributed by atoms with Crippen molar-refractivity contribution in [3.63, 3.8) is 0 Å². The minimum Gasteiger partial charge on any atom is -0.459 e. The van der Waals surface area contributed by atoms with Crippen LogP contribution in [0.5, 0.6) is 0 Å². The highest BCUT2D eigenvalue weighted by molar-refractivity contribution is 6.04. The van der Waals surface area contributed by atoms with Gasteiger partial charge < -0.3 is 14.6 Å². The van der Waals surface area contributed by atoms with Crippen molar-refractivity contribution in [1.29, 1.82) is 0 Å². The summed E-state index contributed by atoms with van der Waals surface area (Å²) < 4.78 is 44.7. The predicted molar refractivity (Wildman–Crippen MR) is 112 cm³/mol. The largest absolute Gasteiger partial charge is 0.459 e. The van der Waals surface area contributed by atoms with Crippen LogP contribution in [-0.4, -0.2) is 34.4 Å². The summed E-state index contributed by atoms with van der Waals surface area (Å²) in [5.41, 5.74) is 0.206. The van der Waals surface area contributed by atoms with Crippen LogP contribution in [0, 0.1) is 17.0 Å². The summed E-state index contributed by atoms with van der Waals surface area (Å²) in [5.74, 6) is -1.58. The summed E-state index contributed by atoms with van der Waals surface area (Å²) in [6.45, 7) is -0.593. The van der Waals surface area contributed by atoms with Gasteiger partial charge in [0.05, 0.1) is 17.7 Å². The maximum Gasteiger partial charge on any atom is 0.406 e. The highest BCUT2D eigenvalue weighted by Gasteiger charge is 2.34. The number of hydrogen-bond donors (Lipinski definition) is 1. The van der Waals surface area contributed by atoms with Crippen molar-refractivity contribution in [2.75, 3.05) is 11.9 Å². The lowest BCUT2D eigenvalue weighted by molar-refractivity contribution is -0.385. The molecule has 1 heterocycles. The summed E-state index contributed by atoms with van der Waals surface area (Å²) in [7, 11) is 0. The Morgan fingerprint density at radius 1 is 1.12 bits per heavy atom. The zero-order chi connectivity index (χ0) is 24.2. The SMILES string of the molecule is Cc1ccc(C(=O)N(Cc2ccccc2[N+](=O)[O-])CC(F)(F)F)cc1NC(=O)c1ccco1. The Morgan fingerprint density at radius 2 is 1.85 bits per heavy atom. The quantitative estimate of drug-likeness (QED) is 0.396. The Morgan fingerprint density at radius 3 is 2.48 bits per heavy atom. The molecule has 0 saturated carbocycles. The van der Waals surface area contributed by atoms with Crippen molar-refractivity contribution < 1.29 is 32.1 Å². The standard InChI is InChI=1S/C22H18F3N3O5/c1-14-8-9-15(11-17(14)26-20(29)19-7-4-10-33-19)21(30)27(13-22(23,24)25)12-16-5-2-3-6-18(16)28(31)32/h2-11H,12-13H2,1H3,(H,26,29). The third-order valence-corrected chi connectivity index (χ3v) is 4.68. The number of nitro benzene ring substituents is 1. The monoisotopic (exact) mass is 461 g/mol. The number of nitrogens with one attached hydrogen (secondary N) is 1. The van der Waals surface area contributed by atoms with Gasteiger partial charge >= 0.3 is 6.18 Å². The molecule has 0 unspecified atom stereocenters. The number of carbonyl (C=O) groups is 2. The van der Waals surface area contributed by atoms with Gasteiger partial charge in [-0.25, -0.2) is 0 Å². The van der Waals surface area contributed by atoms with E-state index in [2.05, 4.69) is 5.32 Å². The molecule has 33 heavy (non-hydrogen) atoms. The fourth-order valence-electron chi connectivity index (χ4n) is 3.11. The van der Waals surface area contributed by atoms with E-state index in [0.29, 0.717) is 10.5 Å². The van der Waals surface area contributed by atoms with Gasteiger partial charge in [0.1, 0.15) is 6.54 Å². The van der Waals surface area contributed by atoms with Gasteiger partial charge in [0.2, 0.25) is 0 Å². The summed E-state index contributed by atoms with van der Waals surface area (Å²) in [5, 5.41) is 13.8. The van der Waals surface area contributed by atoms with E-state index in [4.69, 9.17) is 4.42 Å². The average molecular weight is 461 g/mol. The number of hydrogen-bond acceptors (Lipinski definition) is 5. The molecular formula is C22H18F3N3O5. The molecular weight excluding hydrogens is 443 g/mol. The zero-order valence-corrected chi connectivity index (χ0v) is 17.3. The van der Waals surface area contributed by atoms with Gasteiger partial charge in [-0.15, -0.1) is 0 Å². The average Bonchev–Trinajstić information content (AvgIpc) is 3.29. The van der Waals surface area contributed by atoms with Gasteiger partial charge in [-0.1, -0.05) is 24.3 Å². The number of benzene rings is 2. The first kappa shape index (κ1) is 23.5. The van der Waals surface area contributed by atoms with Crippen LogP contribution in [0.3, 0.4) is 0 Å². The lowest BCUT2D eigenvalue weighted by Crippen LogP contribution is -2.38. The van der Waals surface area contributed by atoms with E-state index in [0.717, 1.165) is 6.07 Å². The number of amides is 2. The molecule has 3 rings (SSSR count). The number of aryl methyl sites for hydroxylation is 1. The Hall–Kier alpha value is -4.15. The number of nitro groups is 1. The van der Waals surface area contributed by atoms with Crippen LogP contribution in [0.1, 0.15) is 32.0 Å². The Labute approximate surface area is 185 Å². The van der Waals surface area contributed by atoms with Crippen molar-refractivity contribution in [2.45, 2.75) is 19.6 Å². The normalized spacial score (nSPS) is 11.2. The molecule has 0 spiro atoms. The van der Waals surface area contributed by atoms with E-state index in [9.17, 15) is 32.9 Å². The van der Waals surface area contributed by atoms with Gasteiger partial charge in [-0.05, 0) is 36.8 Å². The van der Waals surface area contributed by atoms with Gasteiger partial charge in [-0.2, -0.15) is 13.2 Å². The molecule has 0 aliphatic heterocycles. The molecule has 0 fully saturated rings. The van der Waals surface area contributed by atoms with Crippen LogP contribution < -0.4 is 5.32 Å². The first-order valence-corrected chi connectivity index (χ1v) is 9.59. The molecule has 0 saturated heterocycles. The van der Waals surface area contributed by atoms with Crippen LogP contribution in [0.4, 0.5) is 24.5 Å². The molecule has 3 aromatic rings. The first-order chi connectivity index (χ1) is 15.5. The van der Waals surface area contributed by atoms with E-state index in [1.165, 1.54) is 54.8 Å². The number of anilines is 1. The van der Waals surface area contributed by atoms with Crippen LogP contribution in [-0.2, 0) is 6.54 Å². The number of alkyl halides is 3. The maximum atomic E-state index is 13.2. The Balaban J connectivity index is 1.91. The van der Waals surface area contributed by atoms with Gasteiger partial charge in [0.15, 0.2) is 5.76 Å². The minimum absolute atomic E-state index is 0.0150. The minimum atomic E-state index is -4.74. The van der Waals surface area contributed by atoms with Crippen LogP contribution in [0.2, 0.25) is 0 Å². The summed E-state index contributed by atoms with van der Waals surface area (Å²) >= 11 is 0. The molecule has 0 aliphatic carbocycles. The molecule has 8 nitrogen and oxygen atoms in total. The predicted octanol–water partition coefficient (Wildman–Crippen LogP) is 4.95. The molecule has 1 N–H and O–H groups in total. The van der Waals surface area contributed by atoms with E-state index in [1.807, 2.05) is 0 Å². The second-order valence-electron chi connectivity index (χ2n) is 7.12. The maximum absolute atomic E-state index is 13.2. The molecule has 1 aromatic heterocycles. The second-order valence-corrected chi connectivity index (χ2v) is 7.12. The fraction of sp³-hybridized carbons (Fsp3) is 0.182. The molecule has 0 aliphatic rings. The first-order valence-electron chi connectivity index (χ1n) is 9.59.